The standard InChI is InChI=1S/C16H14N4O3S/c1-23-14-7-10(4-5-13(14)21)9-17-20-16(22)12-8-11(18-19-12)15-3-2-6-24-15/h2-9,21H,1H3,(H,18,19)(H,20,22)/b17-9-. The number of hydrazone groups is 1. The molecule has 0 fully saturated rings. The van der Waals surface area contributed by atoms with Crippen molar-refractivity contribution >= 4 is 23.5 Å². The number of methoxy groups -OCH3 is 1. The highest BCUT2D eigenvalue weighted by Crippen LogP contribution is 2.25. The van der Waals surface area contributed by atoms with Gasteiger partial charge in [0.15, 0.2) is 17.2 Å². The van der Waals surface area contributed by atoms with Crippen LogP contribution in [0.5, 0.6) is 11.5 Å². The van der Waals surface area contributed by atoms with Gasteiger partial charge in [0.1, 0.15) is 0 Å². The quantitative estimate of drug-likeness (QED) is 0.490. The van der Waals surface area contributed by atoms with E-state index >= 15 is 0 Å². The molecule has 1 amide bonds. The normalized spacial score (nSPS) is 10.9. The number of nitrogens with zero attached hydrogens (tertiary/aromatic N) is 2. The summed E-state index contributed by atoms with van der Waals surface area (Å²) in [7, 11) is 1.46. The number of benzene rings is 1. The van der Waals surface area contributed by atoms with E-state index in [9.17, 15) is 9.90 Å². The average molecular weight is 342 g/mol. The number of phenolic OH excluding ortho intramolecular Hbond substituents is 1. The second-order valence-corrected chi connectivity index (χ2v) is 5.72. The fourth-order valence-electron chi connectivity index (χ4n) is 1.99. The Hall–Kier alpha value is -3.13. The molecule has 122 valence electrons. The molecule has 0 unspecified atom stereocenters. The first kappa shape index (κ1) is 15.8. The Morgan fingerprint density at radius 3 is 3.04 bits per heavy atom. The van der Waals surface area contributed by atoms with Crippen LogP contribution in [0, 0.1) is 0 Å². The first-order valence-electron chi connectivity index (χ1n) is 6.97. The van der Waals surface area contributed by atoms with Gasteiger partial charge in [0, 0.05) is 0 Å². The monoisotopic (exact) mass is 342 g/mol. The molecule has 0 aliphatic carbocycles. The lowest BCUT2D eigenvalue weighted by Crippen LogP contribution is -2.18. The van der Waals surface area contributed by atoms with Crippen molar-refractivity contribution in [1.82, 2.24) is 15.6 Å². The maximum absolute atomic E-state index is 12.0. The molecule has 0 aliphatic heterocycles. The first-order valence-corrected chi connectivity index (χ1v) is 7.85. The van der Waals surface area contributed by atoms with Crippen LogP contribution >= 0.6 is 11.3 Å². The zero-order valence-electron chi connectivity index (χ0n) is 12.7. The van der Waals surface area contributed by atoms with Gasteiger partial charge in [-0.2, -0.15) is 10.2 Å². The molecule has 0 spiro atoms. The molecule has 1 aromatic carbocycles. The molecule has 3 aromatic rings. The third-order valence-corrected chi connectivity index (χ3v) is 4.08. The molecule has 0 saturated heterocycles. The Morgan fingerprint density at radius 2 is 2.29 bits per heavy atom. The van der Waals surface area contributed by atoms with Gasteiger partial charge in [-0.25, -0.2) is 5.43 Å². The molecule has 0 radical (unpaired) electrons. The van der Waals surface area contributed by atoms with Crippen molar-refractivity contribution in [2.45, 2.75) is 0 Å². The molecule has 24 heavy (non-hydrogen) atoms. The number of hydrogen-bond acceptors (Lipinski definition) is 6. The Labute approximate surface area is 141 Å². The zero-order valence-corrected chi connectivity index (χ0v) is 13.5. The van der Waals surface area contributed by atoms with Gasteiger partial charge < -0.3 is 9.84 Å². The van der Waals surface area contributed by atoms with Crippen molar-refractivity contribution < 1.29 is 14.6 Å². The topological polar surface area (TPSA) is 99.6 Å². The van der Waals surface area contributed by atoms with Gasteiger partial charge in [0.25, 0.3) is 5.91 Å². The summed E-state index contributed by atoms with van der Waals surface area (Å²) >= 11 is 1.56. The molecule has 0 saturated carbocycles. The van der Waals surface area contributed by atoms with E-state index in [2.05, 4.69) is 20.7 Å². The Balaban J connectivity index is 1.65. The van der Waals surface area contributed by atoms with Crippen molar-refractivity contribution in [3.8, 4) is 22.1 Å². The average Bonchev–Trinajstić information content (AvgIpc) is 3.27. The van der Waals surface area contributed by atoms with E-state index in [0.29, 0.717) is 11.3 Å². The molecule has 0 bridgehead atoms. The molecule has 0 atom stereocenters. The summed E-state index contributed by atoms with van der Waals surface area (Å²) in [6.07, 6.45) is 1.45. The third kappa shape index (κ3) is 3.44. The lowest BCUT2D eigenvalue weighted by Gasteiger charge is -2.03. The van der Waals surface area contributed by atoms with Crippen molar-refractivity contribution in [3.05, 3.63) is 53.0 Å². The number of H-pyrrole nitrogens is 1. The summed E-state index contributed by atoms with van der Waals surface area (Å²) in [5.41, 5.74) is 4.11. The van der Waals surface area contributed by atoms with Crippen LogP contribution < -0.4 is 10.2 Å². The molecule has 3 rings (SSSR count). The lowest BCUT2D eigenvalue weighted by atomic mass is 10.2. The predicted molar refractivity (Wildman–Crippen MR) is 91.6 cm³/mol. The summed E-state index contributed by atoms with van der Waals surface area (Å²) in [5, 5.41) is 22.2. The van der Waals surface area contributed by atoms with Gasteiger partial charge in [-0.15, -0.1) is 11.3 Å². The SMILES string of the molecule is COc1cc(/C=N\NC(=O)c2cc(-c3cccs3)[nH]n2)ccc1O. The molecular weight excluding hydrogens is 328 g/mol. The van der Waals surface area contributed by atoms with Crippen molar-refractivity contribution in [3.63, 3.8) is 0 Å². The van der Waals surface area contributed by atoms with Gasteiger partial charge in [-0.05, 0) is 41.3 Å². The number of carbonyl (C=O) groups is 1. The molecule has 8 heteroatoms. The minimum atomic E-state index is -0.420. The van der Waals surface area contributed by atoms with Crippen LogP contribution in [-0.2, 0) is 0 Å². The number of rotatable bonds is 5. The molecule has 7 nitrogen and oxygen atoms in total. The lowest BCUT2D eigenvalue weighted by molar-refractivity contribution is 0.0950. The maximum atomic E-state index is 12.0. The Morgan fingerprint density at radius 1 is 1.42 bits per heavy atom. The largest absolute Gasteiger partial charge is 0.504 e. The fraction of sp³-hybridized carbons (Fsp3) is 0.0625. The summed E-state index contributed by atoms with van der Waals surface area (Å²) in [4.78, 5) is 13.0. The third-order valence-electron chi connectivity index (χ3n) is 3.18. The summed E-state index contributed by atoms with van der Waals surface area (Å²) in [6, 6.07) is 10.3. The van der Waals surface area contributed by atoms with E-state index in [-0.39, 0.29) is 11.4 Å². The van der Waals surface area contributed by atoms with Crippen LogP contribution in [0.4, 0.5) is 0 Å². The number of ether oxygens (including phenoxy) is 1. The first-order chi connectivity index (χ1) is 11.7. The summed E-state index contributed by atoms with van der Waals surface area (Å²) in [5.74, 6) is -0.0504. The van der Waals surface area contributed by atoms with Crippen molar-refractivity contribution in [1.29, 1.82) is 0 Å². The van der Waals surface area contributed by atoms with Crippen LogP contribution in [0.1, 0.15) is 16.1 Å². The number of thiophene rings is 1. The summed E-state index contributed by atoms with van der Waals surface area (Å²) in [6.45, 7) is 0. The number of aromatic hydroxyl groups is 1. The van der Waals surface area contributed by atoms with Gasteiger partial charge in [-0.3, -0.25) is 9.89 Å². The zero-order chi connectivity index (χ0) is 16.9. The molecule has 0 aliphatic rings. The van der Waals surface area contributed by atoms with Gasteiger partial charge in [0.2, 0.25) is 0 Å². The number of aromatic nitrogens is 2. The van der Waals surface area contributed by atoms with Gasteiger partial charge in [-0.1, -0.05) is 6.07 Å². The highest BCUT2D eigenvalue weighted by Gasteiger charge is 2.11. The number of nitrogens with one attached hydrogen (secondary N) is 2. The number of hydrogen-bond donors (Lipinski definition) is 3. The molecule has 3 N–H and O–H groups in total. The maximum Gasteiger partial charge on any atom is 0.291 e. The van der Waals surface area contributed by atoms with E-state index in [0.717, 1.165) is 10.6 Å². The predicted octanol–water partition coefficient (Wildman–Crippen LogP) is 2.62. The van der Waals surface area contributed by atoms with E-state index in [4.69, 9.17) is 4.74 Å². The van der Waals surface area contributed by atoms with Gasteiger partial charge >= 0.3 is 0 Å². The molecule has 2 heterocycles. The number of aromatic amines is 1. The van der Waals surface area contributed by atoms with Gasteiger partial charge in [0.05, 0.1) is 23.9 Å². The second-order valence-electron chi connectivity index (χ2n) is 4.77. The Bertz CT molecular complexity index is 871. The number of amides is 1. The highest BCUT2D eigenvalue weighted by atomic mass is 32.1. The minimum absolute atomic E-state index is 0.0383. The van der Waals surface area contributed by atoms with E-state index in [1.807, 2.05) is 17.5 Å². The van der Waals surface area contributed by atoms with Crippen LogP contribution in [0.3, 0.4) is 0 Å². The molecular formula is C16H14N4O3S. The van der Waals surface area contributed by atoms with E-state index < -0.39 is 5.91 Å². The second kappa shape index (κ2) is 6.97. The van der Waals surface area contributed by atoms with Crippen LogP contribution in [-0.4, -0.2) is 34.5 Å². The van der Waals surface area contributed by atoms with Crippen molar-refractivity contribution in [2.24, 2.45) is 5.10 Å². The molecule has 2 aromatic heterocycles. The van der Waals surface area contributed by atoms with E-state index in [1.54, 1.807) is 29.5 Å². The Kier molecular flexibility index (Phi) is 4.57. The van der Waals surface area contributed by atoms with Crippen LogP contribution in [0.15, 0.2) is 46.9 Å². The van der Waals surface area contributed by atoms with Crippen LogP contribution in [0.2, 0.25) is 0 Å². The van der Waals surface area contributed by atoms with E-state index in [1.165, 1.54) is 19.4 Å². The number of phenols is 1. The number of carbonyl (C=O) groups excluding carboxylic acids is 1. The summed E-state index contributed by atoms with van der Waals surface area (Å²) < 4.78 is 5.01. The smallest absolute Gasteiger partial charge is 0.291 e. The fourth-order valence-corrected chi connectivity index (χ4v) is 2.69. The van der Waals surface area contributed by atoms with Crippen molar-refractivity contribution in [2.75, 3.05) is 7.11 Å². The minimum Gasteiger partial charge on any atom is -0.504 e. The highest BCUT2D eigenvalue weighted by molar-refractivity contribution is 7.13. The van der Waals surface area contributed by atoms with Crippen LogP contribution in [0.25, 0.3) is 10.6 Å².